The van der Waals surface area contributed by atoms with Crippen molar-refractivity contribution >= 4 is 23.2 Å². The molecule has 2 amide bonds. The molecule has 1 N–H and O–H groups in total. The maximum atomic E-state index is 12.6. The summed E-state index contributed by atoms with van der Waals surface area (Å²) >= 11 is 1.55. The quantitative estimate of drug-likeness (QED) is 0.745. The predicted octanol–water partition coefficient (Wildman–Crippen LogP) is 1.97. The van der Waals surface area contributed by atoms with E-state index in [1.165, 1.54) is 0 Å². The van der Waals surface area contributed by atoms with Gasteiger partial charge in [0.2, 0.25) is 0 Å². The maximum absolute atomic E-state index is 12.6. The van der Waals surface area contributed by atoms with E-state index >= 15 is 0 Å². The van der Waals surface area contributed by atoms with E-state index in [0.717, 1.165) is 44.3 Å². The molecule has 1 saturated carbocycles. The monoisotopic (exact) mass is 403 g/mol. The van der Waals surface area contributed by atoms with Crippen molar-refractivity contribution in [3.05, 3.63) is 34.3 Å². The summed E-state index contributed by atoms with van der Waals surface area (Å²) in [6.07, 6.45) is 5.84. The summed E-state index contributed by atoms with van der Waals surface area (Å²) in [7, 11) is 1.59. The Labute approximate surface area is 167 Å². The van der Waals surface area contributed by atoms with E-state index in [1.54, 1.807) is 24.6 Å². The minimum atomic E-state index is -0.229. The fourth-order valence-electron chi connectivity index (χ4n) is 4.29. The smallest absolute Gasteiger partial charge is 0.273 e. The molecule has 0 bridgehead atoms. The number of likely N-dealkylation sites (tertiary alicyclic amines) is 1. The number of aromatic nitrogens is 3. The van der Waals surface area contributed by atoms with E-state index in [0.29, 0.717) is 18.8 Å². The SMILES string of the molecule is COCCNC(=O)c1cn(C2CCC23CCN(C(=O)c2ccsc2)CC3)nn1. The van der Waals surface area contributed by atoms with Crippen LogP contribution in [0.1, 0.15) is 52.6 Å². The van der Waals surface area contributed by atoms with Crippen molar-refractivity contribution in [1.82, 2.24) is 25.2 Å². The van der Waals surface area contributed by atoms with Crippen LogP contribution in [0, 0.1) is 5.41 Å². The number of rotatable bonds is 6. The minimum Gasteiger partial charge on any atom is -0.383 e. The van der Waals surface area contributed by atoms with Gasteiger partial charge in [-0.05, 0) is 42.5 Å². The lowest BCUT2D eigenvalue weighted by Crippen LogP contribution is -2.51. The van der Waals surface area contributed by atoms with E-state index in [-0.39, 0.29) is 23.3 Å². The number of carbonyl (C=O) groups is 2. The summed E-state index contributed by atoms with van der Waals surface area (Å²) in [6, 6.07) is 2.14. The van der Waals surface area contributed by atoms with Gasteiger partial charge in [-0.15, -0.1) is 5.10 Å². The Morgan fingerprint density at radius 1 is 1.36 bits per heavy atom. The van der Waals surface area contributed by atoms with Crippen molar-refractivity contribution in [2.45, 2.75) is 31.7 Å². The van der Waals surface area contributed by atoms with Crippen LogP contribution >= 0.6 is 11.3 Å². The highest BCUT2D eigenvalue weighted by molar-refractivity contribution is 7.08. The van der Waals surface area contributed by atoms with Crippen LogP contribution in [0.25, 0.3) is 0 Å². The molecule has 3 heterocycles. The first kappa shape index (κ1) is 19.1. The van der Waals surface area contributed by atoms with Crippen LogP contribution in [0.4, 0.5) is 0 Å². The normalized spacial score (nSPS) is 20.8. The van der Waals surface area contributed by atoms with E-state index < -0.39 is 0 Å². The van der Waals surface area contributed by atoms with Crippen molar-refractivity contribution in [3.63, 3.8) is 0 Å². The standard InChI is InChI=1S/C19H25N5O3S/c1-27-10-7-20-17(25)15-12-24(22-21-15)16-2-4-19(16)5-8-23(9-6-19)18(26)14-3-11-28-13-14/h3,11-13,16H,2,4-10H2,1H3,(H,20,25). The second kappa shape index (κ2) is 8.00. The number of hydrogen-bond donors (Lipinski definition) is 1. The van der Waals surface area contributed by atoms with Gasteiger partial charge in [-0.25, -0.2) is 4.68 Å². The molecular weight excluding hydrogens is 378 g/mol. The highest BCUT2D eigenvalue weighted by Crippen LogP contribution is 2.56. The number of methoxy groups -OCH3 is 1. The van der Waals surface area contributed by atoms with Crippen LogP contribution in [0.5, 0.6) is 0 Å². The molecule has 9 heteroatoms. The summed E-state index contributed by atoms with van der Waals surface area (Å²) in [5.41, 5.74) is 1.28. The Balaban J connectivity index is 1.36. The summed E-state index contributed by atoms with van der Waals surface area (Å²) in [6.45, 7) is 2.45. The molecule has 4 rings (SSSR count). The molecule has 2 aromatic heterocycles. The number of hydrogen-bond acceptors (Lipinski definition) is 6. The van der Waals surface area contributed by atoms with Gasteiger partial charge in [0, 0.05) is 32.1 Å². The van der Waals surface area contributed by atoms with Crippen LogP contribution in [0.3, 0.4) is 0 Å². The largest absolute Gasteiger partial charge is 0.383 e. The minimum absolute atomic E-state index is 0.128. The molecule has 1 atom stereocenters. The number of nitrogens with zero attached hydrogens (tertiary/aromatic N) is 4. The molecule has 2 aromatic rings. The Hall–Kier alpha value is -2.26. The van der Waals surface area contributed by atoms with Crippen molar-refractivity contribution in [2.24, 2.45) is 5.41 Å². The number of carbonyl (C=O) groups excluding carboxylic acids is 2. The molecule has 0 aromatic carbocycles. The Bertz CT molecular complexity index is 827. The van der Waals surface area contributed by atoms with Gasteiger partial charge in [0.25, 0.3) is 11.8 Å². The van der Waals surface area contributed by atoms with E-state index in [1.807, 2.05) is 26.4 Å². The first-order chi connectivity index (χ1) is 13.6. The molecule has 150 valence electrons. The second-order valence-electron chi connectivity index (χ2n) is 7.55. The molecule has 8 nitrogen and oxygen atoms in total. The average Bonchev–Trinajstić information content (AvgIpc) is 3.39. The third-order valence-electron chi connectivity index (χ3n) is 6.09. The molecule has 0 radical (unpaired) electrons. The first-order valence-electron chi connectivity index (χ1n) is 9.63. The zero-order chi connectivity index (χ0) is 19.6. The molecule has 1 saturated heterocycles. The van der Waals surface area contributed by atoms with Crippen LogP contribution in [-0.2, 0) is 4.74 Å². The molecule has 1 unspecified atom stereocenters. The second-order valence-corrected chi connectivity index (χ2v) is 8.33. The van der Waals surface area contributed by atoms with Gasteiger partial charge in [-0.3, -0.25) is 9.59 Å². The molecular formula is C19H25N5O3S. The zero-order valence-corrected chi connectivity index (χ0v) is 16.8. The molecule has 2 fully saturated rings. The number of ether oxygens (including phenoxy) is 1. The Morgan fingerprint density at radius 3 is 2.82 bits per heavy atom. The first-order valence-corrected chi connectivity index (χ1v) is 10.6. The van der Waals surface area contributed by atoms with Crippen LogP contribution in [-0.4, -0.2) is 65.1 Å². The van der Waals surface area contributed by atoms with Crippen molar-refractivity contribution in [1.29, 1.82) is 0 Å². The molecule has 2 aliphatic rings. The topological polar surface area (TPSA) is 89.4 Å². The van der Waals surface area contributed by atoms with Crippen molar-refractivity contribution in [3.8, 4) is 0 Å². The Morgan fingerprint density at radius 2 is 2.18 bits per heavy atom. The van der Waals surface area contributed by atoms with Crippen LogP contribution in [0.15, 0.2) is 23.0 Å². The third kappa shape index (κ3) is 3.56. The Kier molecular flexibility index (Phi) is 5.45. The number of amides is 2. The van der Waals surface area contributed by atoms with Gasteiger partial charge in [-0.2, -0.15) is 11.3 Å². The molecule has 1 aliphatic carbocycles. The van der Waals surface area contributed by atoms with E-state index in [4.69, 9.17) is 4.74 Å². The lowest BCUT2D eigenvalue weighted by Gasteiger charge is -2.53. The fourth-order valence-corrected chi connectivity index (χ4v) is 4.92. The van der Waals surface area contributed by atoms with Gasteiger partial charge in [0.1, 0.15) is 0 Å². The van der Waals surface area contributed by atoms with Gasteiger partial charge in [0.15, 0.2) is 5.69 Å². The van der Waals surface area contributed by atoms with Crippen LogP contribution in [0.2, 0.25) is 0 Å². The number of nitrogens with one attached hydrogen (secondary N) is 1. The van der Waals surface area contributed by atoms with Crippen molar-refractivity contribution < 1.29 is 14.3 Å². The number of piperidine rings is 1. The summed E-state index contributed by atoms with van der Waals surface area (Å²) in [5.74, 6) is -0.101. The van der Waals surface area contributed by atoms with Gasteiger partial charge < -0.3 is 15.0 Å². The van der Waals surface area contributed by atoms with Gasteiger partial charge in [-0.1, -0.05) is 5.21 Å². The average molecular weight is 404 g/mol. The van der Waals surface area contributed by atoms with E-state index in [2.05, 4.69) is 15.6 Å². The van der Waals surface area contributed by atoms with Gasteiger partial charge >= 0.3 is 0 Å². The molecule has 1 spiro atoms. The van der Waals surface area contributed by atoms with Gasteiger partial charge in [0.05, 0.1) is 24.4 Å². The lowest BCUT2D eigenvalue weighted by atomic mass is 9.59. The summed E-state index contributed by atoms with van der Waals surface area (Å²) < 4.78 is 6.79. The molecule has 1 aliphatic heterocycles. The maximum Gasteiger partial charge on any atom is 0.273 e. The predicted molar refractivity (Wildman–Crippen MR) is 104 cm³/mol. The molecule has 28 heavy (non-hydrogen) atoms. The third-order valence-corrected chi connectivity index (χ3v) is 6.77. The fraction of sp³-hybridized carbons (Fsp3) is 0.579. The van der Waals surface area contributed by atoms with Crippen molar-refractivity contribution in [2.75, 3.05) is 33.4 Å². The van der Waals surface area contributed by atoms with Crippen LogP contribution < -0.4 is 5.32 Å². The number of thiophene rings is 1. The van der Waals surface area contributed by atoms with E-state index in [9.17, 15) is 9.59 Å². The zero-order valence-electron chi connectivity index (χ0n) is 16.0. The summed E-state index contributed by atoms with van der Waals surface area (Å²) in [4.78, 5) is 26.7. The highest BCUT2D eigenvalue weighted by atomic mass is 32.1. The summed E-state index contributed by atoms with van der Waals surface area (Å²) in [5, 5.41) is 14.9. The lowest BCUT2D eigenvalue weighted by molar-refractivity contribution is -0.0268. The highest BCUT2D eigenvalue weighted by Gasteiger charge is 2.50.